The molecule has 1 amide bonds. The minimum Gasteiger partial charge on any atom is -0.299 e. The average Bonchev–Trinajstić information content (AvgIpc) is 3.25. The number of likely N-dealkylation sites (tertiary alicyclic amines) is 1. The second-order valence-corrected chi connectivity index (χ2v) is 7.48. The molecular weight excluding hydrogens is 372 g/mol. The van der Waals surface area contributed by atoms with E-state index in [0.717, 1.165) is 43.7 Å². The minimum absolute atomic E-state index is 0.0313. The largest absolute Gasteiger partial charge is 0.344 e. The van der Waals surface area contributed by atoms with Gasteiger partial charge in [0, 0.05) is 43.2 Å². The van der Waals surface area contributed by atoms with Crippen LogP contribution in [0.5, 0.6) is 0 Å². The molecule has 1 fully saturated rings. The summed E-state index contributed by atoms with van der Waals surface area (Å²) in [5, 5.41) is 0. The van der Waals surface area contributed by atoms with Gasteiger partial charge in [-0.15, -0.1) is 0 Å². The summed E-state index contributed by atoms with van der Waals surface area (Å²) in [7, 11) is 0. The standard InChI is InChI=1S/C22H23ClN4O/c23-27(20-11-13-25(14-12-20)15-18-7-3-1-4-8-18)22(28)26-16-21(24-17-26)19-9-5-2-6-10-19/h1-10,16-17,20H,11-15H2. The van der Waals surface area contributed by atoms with Gasteiger partial charge in [0.25, 0.3) is 0 Å². The molecule has 2 heterocycles. The molecule has 144 valence electrons. The van der Waals surface area contributed by atoms with E-state index in [1.165, 1.54) is 20.9 Å². The van der Waals surface area contributed by atoms with E-state index in [9.17, 15) is 4.79 Å². The van der Waals surface area contributed by atoms with Crippen LogP contribution in [0.1, 0.15) is 18.4 Å². The van der Waals surface area contributed by atoms with Gasteiger partial charge in [-0.2, -0.15) is 0 Å². The van der Waals surface area contributed by atoms with Crippen LogP contribution in [0.25, 0.3) is 11.3 Å². The third kappa shape index (κ3) is 4.26. The van der Waals surface area contributed by atoms with Crippen LogP contribution in [0.3, 0.4) is 0 Å². The number of aromatic nitrogens is 2. The lowest BCUT2D eigenvalue weighted by Crippen LogP contribution is -2.44. The summed E-state index contributed by atoms with van der Waals surface area (Å²) in [6.07, 6.45) is 4.99. The highest BCUT2D eigenvalue weighted by atomic mass is 35.5. The van der Waals surface area contributed by atoms with Crippen LogP contribution in [0.15, 0.2) is 73.2 Å². The van der Waals surface area contributed by atoms with Crippen LogP contribution < -0.4 is 0 Å². The first-order chi connectivity index (χ1) is 13.7. The number of amides is 1. The molecular formula is C22H23ClN4O. The second kappa shape index (κ2) is 8.59. The van der Waals surface area contributed by atoms with E-state index < -0.39 is 0 Å². The van der Waals surface area contributed by atoms with Crippen molar-refractivity contribution in [2.75, 3.05) is 13.1 Å². The molecule has 0 bridgehead atoms. The fourth-order valence-electron chi connectivity index (χ4n) is 3.60. The molecule has 0 spiro atoms. The number of halogens is 1. The summed E-state index contributed by atoms with van der Waals surface area (Å²) in [6.45, 7) is 2.79. The Morgan fingerprint density at radius 1 is 1.04 bits per heavy atom. The van der Waals surface area contributed by atoms with Crippen molar-refractivity contribution in [3.05, 3.63) is 78.8 Å². The molecule has 6 heteroatoms. The van der Waals surface area contributed by atoms with Gasteiger partial charge in [0.05, 0.1) is 11.7 Å². The van der Waals surface area contributed by atoms with Crippen molar-refractivity contribution in [2.24, 2.45) is 0 Å². The summed E-state index contributed by atoms with van der Waals surface area (Å²) in [5.74, 6) is 0. The Morgan fingerprint density at radius 2 is 1.68 bits per heavy atom. The van der Waals surface area contributed by atoms with Crippen molar-refractivity contribution >= 4 is 17.8 Å². The van der Waals surface area contributed by atoms with Crippen LogP contribution in [0, 0.1) is 0 Å². The van der Waals surface area contributed by atoms with Gasteiger partial charge in [-0.25, -0.2) is 14.2 Å². The van der Waals surface area contributed by atoms with E-state index in [-0.39, 0.29) is 12.1 Å². The summed E-state index contributed by atoms with van der Waals surface area (Å²) in [5.41, 5.74) is 3.05. The molecule has 1 aromatic heterocycles. The SMILES string of the molecule is O=C(N(Cl)C1CCN(Cc2ccccc2)CC1)n1cnc(-c2ccccc2)c1. The molecule has 2 aromatic carbocycles. The molecule has 1 aliphatic heterocycles. The van der Waals surface area contributed by atoms with Crippen molar-refractivity contribution < 1.29 is 4.79 Å². The van der Waals surface area contributed by atoms with Crippen molar-refractivity contribution in [2.45, 2.75) is 25.4 Å². The molecule has 0 unspecified atom stereocenters. The molecule has 4 rings (SSSR count). The number of hydrogen-bond donors (Lipinski definition) is 0. The number of carbonyl (C=O) groups excluding carboxylic acids is 1. The minimum atomic E-state index is -0.252. The van der Waals surface area contributed by atoms with E-state index in [4.69, 9.17) is 11.8 Å². The normalized spacial score (nSPS) is 15.5. The van der Waals surface area contributed by atoms with Crippen LogP contribution in [0.2, 0.25) is 0 Å². The number of carbonyl (C=O) groups is 1. The highest BCUT2D eigenvalue weighted by Gasteiger charge is 2.28. The van der Waals surface area contributed by atoms with Gasteiger partial charge in [0.15, 0.2) is 0 Å². The van der Waals surface area contributed by atoms with Crippen molar-refractivity contribution in [3.8, 4) is 11.3 Å². The number of benzene rings is 2. The summed E-state index contributed by atoms with van der Waals surface area (Å²) in [4.78, 5) is 19.5. The van der Waals surface area contributed by atoms with E-state index in [0.29, 0.717) is 0 Å². The lowest BCUT2D eigenvalue weighted by Gasteiger charge is -2.35. The molecule has 0 saturated carbocycles. The topological polar surface area (TPSA) is 41.4 Å². The highest BCUT2D eigenvalue weighted by molar-refractivity contribution is 6.21. The zero-order valence-electron chi connectivity index (χ0n) is 15.6. The van der Waals surface area contributed by atoms with Gasteiger partial charge in [-0.05, 0) is 18.4 Å². The predicted octanol–water partition coefficient (Wildman–Crippen LogP) is 4.64. The molecule has 0 N–H and O–H groups in total. The fraction of sp³-hybridized carbons (Fsp3) is 0.273. The maximum atomic E-state index is 12.8. The average molecular weight is 395 g/mol. The highest BCUT2D eigenvalue weighted by Crippen LogP contribution is 2.22. The lowest BCUT2D eigenvalue weighted by atomic mass is 10.0. The van der Waals surface area contributed by atoms with Crippen molar-refractivity contribution in [1.82, 2.24) is 18.9 Å². The van der Waals surface area contributed by atoms with Gasteiger partial charge in [-0.1, -0.05) is 60.7 Å². The molecule has 0 aliphatic carbocycles. The number of piperidine rings is 1. The van der Waals surface area contributed by atoms with Gasteiger partial charge in [-0.3, -0.25) is 9.47 Å². The Kier molecular flexibility index (Phi) is 5.74. The van der Waals surface area contributed by atoms with Crippen LogP contribution in [0.4, 0.5) is 4.79 Å². The van der Waals surface area contributed by atoms with E-state index in [1.807, 2.05) is 36.4 Å². The Labute approximate surface area is 170 Å². The third-order valence-electron chi connectivity index (χ3n) is 5.18. The Hall–Kier alpha value is -2.63. The number of rotatable bonds is 4. The first-order valence-corrected chi connectivity index (χ1v) is 9.89. The number of nitrogens with zero attached hydrogens (tertiary/aromatic N) is 4. The number of hydrogen-bond acceptors (Lipinski definition) is 3. The van der Waals surface area contributed by atoms with Gasteiger partial charge >= 0.3 is 6.03 Å². The second-order valence-electron chi connectivity index (χ2n) is 7.12. The third-order valence-corrected chi connectivity index (χ3v) is 5.60. The number of imidazole rings is 1. The Bertz CT molecular complexity index is 905. The summed E-state index contributed by atoms with van der Waals surface area (Å²) in [6, 6.07) is 20.0. The van der Waals surface area contributed by atoms with Crippen LogP contribution in [-0.2, 0) is 6.54 Å². The Morgan fingerprint density at radius 3 is 2.36 bits per heavy atom. The van der Waals surface area contributed by atoms with E-state index in [2.05, 4.69) is 34.1 Å². The first-order valence-electron chi connectivity index (χ1n) is 9.56. The molecule has 3 aromatic rings. The Balaban J connectivity index is 1.34. The quantitative estimate of drug-likeness (QED) is 0.605. The van der Waals surface area contributed by atoms with E-state index in [1.54, 1.807) is 6.20 Å². The van der Waals surface area contributed by atoms with Crippen molar-refractivity contribution in [1.29, 1.82) is 0 Å². The monoisotopic (exact) mass is 394 g/mol. The zero-order chi connectivity index (χ0) is 19.3. The molecule has 0 atom stereocenters. The zero-order valence-corrected chi connectivity index (χ0v) is 16.4. The maximum absolute atomic E-state index is 12.8. The first kappa shape index (κ1) is 18.7. The fourth-order valence-corrected chi connectivity index (χ4v) is 3.88. The van der Waals surface area contributed by atoms with Gasteiger partial charge in [0.1, 0.15) is 6.33 Å². The smallest absolute Gasteiger partial charge is 0.299 e. The molecule has 28 heavy (non-hydrogen) atoms. The van der Waals surface area contributed by atoms with Crippen molar-refractivity contribution in [3.63, 3.8) is 0 Å². The molecule has 1 aliphatic rings. The summed E-state index contributed by atoms with van der Waals surface area (Å²) >= 11 is 6.42. The predicted molar refractivity (Wildman–Crippen MR) is 111 cm³/mol. The molecule has 1 saturated heterocycles. The van der Waals surface area contributed by atoms with Crippen LogP contribution in [-0.4, -0.2) is 44.0 Å². The lowest BCUT2D eigenvalue weighted by molar-refractivity contribution is 0.156. The van der Waals surface area contributed by atoms with E-state index >= 15 is 0 Å². The maximum Gasteiger partial charge on any atom is 0.344 e. The molecule has 5 nitrogen and oxygen atoms in total. The molecule has 0 radical (unpaired) electrons. The summed E-state index contributed by atoms with van der Waals surface area (Å²) < 4.78 is 2.81. The van der Waals surface area contributed by atoms with Gasteiger partial charge < -0.3 is 0 Å². The van der Waals surface area contributed by atoms with Gasteiger partial charge in [0.2, 0.25) is 0 Å². The van der Waals surface area contributed by atoms with Crippen LogP contribution >= 0.6 is 11.8 Å².